The molecular formula is C10H17N3O3. The number of carbonyl (C=O) groups excluding carboxylic acids is 1. The lowest BCUT2D eigenvalue weighted by Gasteiger charge is -2.04. The average Bonchev–Trinajstić information content (AvgIpc) is 2.76. The van der Waals surface area contributed by atoms with E-state index in [9.17, 15) is 4.79 Å². The van der Waals surface area contributed by atoms with E-state index in [-0.39, 0.29) is 12.5 Å². The van der Waals surface area contributed by atoms with Crippen molar-refractivity contribution < 1.29 is 14.1 Å². The highest BCUT2D eigenvalue weighted by Gasteiger charge is 2.02. The molecule has 6 nitrogen and oxygen atoms in total. The Morgan fingerprint density at radius 1 is 1.62 bits per heavy atom. The summed E-state index contributed by atoms with van der Waals surface area (Å²) in [5, 5.41) is 9.16. The topological polar surface area (TPSA) is 76.4 Å². The predicted molar refractivity (Wildman–Crippen MR) is 59.1 cm³/mol. The maximum absolute atomic E-state index is 11.3. The molecule has 0 saturated carbocycles. The van der Waals surface area contributed by atoms with E-state index in [1.54, 1.807) is 6.07 Å². The molecule has 2 N–H and O–H groups in total. The summed E-state index contributed by atoms with van der Waals surface area (Å²) in [5.41, 5.74) is 0. The van der Waals surface area contributed by atoms with E-state index in [1.807, 2.05) is 6.92 Å². The molecule has 1 rings (SSSR count). The van der Waals surface area contributed by atoms with E-state index in [0.29, 0.717) is 12.4 Å². The van der Waals surface area contributed by atoms with Crippen LogP contribution in [0.15, 0.2) is 16.9 Å². The van der Waals surface area contributed by atoms with Gasteiger partial charge < -0.3 is 19.9 Å². The van der Waals surface area contributed by atoms with E-state index in [0.717, 1.165) is 19.6 Å². The standard InChI is InChI=1S/C10H17N3O3/c1-2-15-6-3-5-11-8-10(14)12-9-4-7-16-13-9/h4,7,11H,2-3,5-6,8H2,1H3,(H,12,13,14). The van der Waals surface area contributed by atoms with Crippen LogP contribution in [0.1, 0.15) is 13.3 Å². The molecule has 0 spiro atoms. The molecule has 0 radical (unpaired) electrons. The van der Waals surface area contributed by atoms with Gasteiger partial charge in [0.25, 0.3) is 0 Å². The highest BCUT2D eigenvalue weighted by atomic mass is 16.5. The van der Waals surface area contributed by atoms with Crippen LogP contribution in [0.25, 0.3) is 0 Å². The lowest BCUT2D eigenvalue weighted by molar-refractivity contribution is -0.115. The van der Waals surface area contributed by atoms with Crippen molar-refractivity contribution in [3.05, 3.63) is 12.3 Å². The summed E-state index contributed by atoms with van der Waals surface area (Å²) in [6.07, 6.45) is 2.30. The number of anilines is 1. The Bertz CT molecular complexity index is 288. The third-order valence-electron chi connectivity index (χ3n) is 1.84. The maximum atomic E-state index is 11.3. The van der Waals surface area contributed by atoms with Crippen LogP contribution in [0.2, 0.25) is 0 Å². The molecule has 16 heavy (non-hydrogen) atoms. The largest absolute Gasteiger partial charge is 0.382 e. The summed E-state index contributed by atoms with van der Waals surface area (Å²) in [4.78, 5) is 11.3. The van der Waals surface area contributed by atoms with Crippen LogP contribution in [0.4, 0.5) is 5.82 Å². The van der Waals surface area contributed by atoms with Gasteiger partial charge in [-0.2, -0.15) is 0 Å². The van der Waals surface area contributed by atoms with Crippen LogP contribution in [0.5, 0.6) is 0 Å². The first-order chi connectivity index (χ1) is 7.83. The number of ether oxygens (including phenoxy) is 1. The monoisotopic (exact) mass is 227 g/mol. The summed E-state index contributed by atoms with van der Waals surface area (Å²) in [6, 6.07) is 1.59. The maximum Gasteiger partial charge on any atom is 0.239 e. The molecule has 0 fully saturated rings. The van der Waals surface area contributed by atoms with Gasteiger partial charge in [0.1, 0.15) is 6.26 Å². The van der Waals surface area contributed by atoms with Gasteiger partial charge in [-0.25, -0.2) is 0 Å². The number of hydrogen-bond donors (Lipinski definition) is 2. The minimum atomic E-state index is -0.134. The molecule has 0 aliphatic heterocycles. The summed E-state index contributed by atoms with van der Waals surface area (Å²) >= 11 is 0. The second-order valence-corrected chi connectivity index (χ2v) is 3.16. The Hall–Kier alpha value is -1.40. The molecule has 1 heterocycles. The van der Waals surface area contributed by atoms with Crippen molar-refractivity contribution >= 4 is 11.7 Å². The molecule has 1 aromatic heterocycles. The molecule has 90 valence electrons. The van der Waals surface area contributed by atoms with Gasteiger partial charge >= 0.3 is 0 Å². The fourth-order valence-electron chi connectivity index (χ4n) is 1.11. The highest BCUT2D eigenvalue weighted by Crippen LogP contribution is 1.99. The quantitative estimate of drug-likeness (QED) is 0.637. The first-order valence-corrected chi connectivity index (χ1v) is 5.31. The van der Waals surface area contributed by atoms with Gasteiger partial charge in [-0.3, -0.25) is 4.79 Å². The Morgan fingerprint density at radius 2 is 2.50 bits per heavy atom. The number of nitrogens with one attached hydrogen (secondary N) is 2. The van der Waals surface area contributed by atoms with Crippen molar-refractivity contribution in [2.24, 2.45) is 0 Å². The first kappa shape index (κ1) is 12.7. The van der Waals surface area contributed by atoms with Crippen LogP contribution in [-0.4, -0.2) is 37.4 Å². The van der Waals surface area contributed by atoms with Crippen LogP contribution in [-0.2, 0) is 9.53 Å². The van der Waals surface area contributed by atoms with Crippen molar-refractivity contribution in [3.63, 3.8) is 0 Å². The Balaban J connectivity index is 1.98. The number of carbonyl (C=O) groups is 1. The zero-order valence-corrected chi connectivity index (χ0v) is 9.36. The lowest BCUT2D eigenvalue weighted by Crippen LogP contribution is -2.29. The number of nitrogens with zero attached hydrogens (tertiary/aromatic N) is 1. The third-order valence-corrected chi connectivity index (χ3v) is 1.84. The zero-order chi connectivity index (χ0) is 11.6. The summed E-state index contributed by atoms with van der Waals surface area (Å²) in [6.45, 7) is 4.42. The van der Waals surface area contributed by atoms with E-state index in [1.165, 1.54) is 6.26 Å². The zero-order valence-electron chi connectivity index (χ0n) is 9.36. The van der Waals surface area contributed by atoms with Crippen molar-refractivity contribution in [3.8, 4) is 0 Å². The van der Waals surface area contributed by atoms with Crippen LogP contribution in [0, 0.1) is 0 Å². The Kier molecular flexibility index (Phi) is 6.20. The smallest absolute Gasteiger partial charge is 0.239 e. The molecule has 1 aromatic rings. The van der Waals surface area contributed by atoms with E-state index < -0.39 is 0 Å². The Labute approximate surface area is 94.3 Å². The normalized spacial score (nSPS) is 10.3. The minimum Gasteiger partial charge on any atom is -0.382 e. The number of hydrogen-bond acceptors (Lipinski definition) is 5. The number of amides is 1. The van der Waals surface area contributed by atoms with Crippen LogP contribution >= 0.6 is 0 Å². The minimum absolute atomic E-state index is 0.134. The molecule has 0 bridgehead atoms. The lowest BCUT2D eigenvalue weighted by atomic mass is 10.4. The molecule has 1 amide bonds. The second kappa shape index (κ2) is 7.84. The van der Waals surface area contributed by atoms with Gasteiger partial charge in [-0.05, 0) is 19.9 Å². The van der Waals surface area contributed by atoms with E-state index in [4.69, 9.17) is 4.74 Å². The molecule has 0 aromatic carbocycles. The van der Waals surface area contributed by atoms with Gasteiger partial charge in [0.15, 0.2) is 5.82 Å². The van der Waals surface area contributed by atoms with Crippen LogP contribution < -0.4 is 10.6 Å². The summed E-state index contributed by atoms with van der Waals surface area (Å²) in [7, 11) is 0. The van der Waals surface area contributed by atoms with Crippen molar-refractivity contribution in [2.75, 3.05) is 31.6 Å². The second-order valence-electron chi connectivity index (χ2n) is 3.16. The highest BCUT2D eigenvalue weighted by molar-refractivity contribution is 5.91. The van der Waals surface area contributed by atoms with Gasteiger partial charge in [-0.15, -0.1) is 0 Å². The Morgan fingerprint density at radius 3 is 3.19 bits per heavy atom. The SMILES string of the molecule is CCOCCCNCC(=O)Nc1ccon1. The predicted octanol–water partition coefficient (Wildman–Crippen LogP) is 0.629. The van der Waals surface area contributed by atoms with E-state index >= 15 is 0 Å². The van der Waals surface area contributed by atoms with Crippen molar-refractivity contribution in [1.29, 1.82) is 0 Å². The van der Waals surface area contributed by atoms with Gasteiger partial charge in [0.05, 0.1) is 6.54 Å². The molecule has 0 saturated heterocycles. The van der Waals surface area contributed by atoms with Crippen molar-refractivity contribution in [1.82, 2.24) is 10.5 Å². The van der Waals surface area contributed by atoms with Crippen molar-refractivity contribution in [2.45, 2.75) is 13.3 Å². The molecule has 0 aliphatic carbocycles. The fourth-order valence-corrected chi connectivity index (χ4v) is 1.11. The summed E-state index contributed by atoms with van der Waals surface area (Å²) < 4.78 is 9.75. The average molecular weight is 227 g/mol. The molecule has 0 unspecified atom stereocenters. The van der Waals surface area contributed by atoms with E-state index in [2.05, 4.69) is 20.3 Å². The number of rotatable bonds is 8. The third kappa shape index (κ3) is 5.47. The number of aromatic nitrogens is 1. The molecule has 0 atom stereocenters. The van der Waals surface area contributed by atoms with Gasteiger partial charge in [-0.1, -0.05) is 5.16 Å². The first-order valence-electron chi connectivity index (χ1n) is 5.31. The molecule has 6 heteroatoms. The van der Waals surface area contributed by atoms with Crippen LogP contribution in [0.3, 0.4) is 0 Å². The van der Waals surface area contributed by atoms with Gasteiger partial charge in [0.2, 0.25) is 5.91 Å². The molecule has 0 aliphatic rings. The van der Waals surface area contributed by atoms with Gasteiger partial charge in [0, 0.05) is 19.3 Å². The fraction of sp³-hybridized carbons (Fsp3) is 0.600. The molecular weight excluding hydrogens is 210 g/mol. The summed E-state index contributed by atoms with van der Waals surface area (Å²) in [5.74, 6) is 0.298.